The standard InChI is InChI=1S/C10H9ClN2O2/c1-10(2,5-12)6-3-7(9(14)15)13-8(11)4-6/h3-4H,1-2H3,(H,14,15). The van der Waals surface area contributed by atoms with Gasteiger partial charge in [-0.3, -0.25) is 0 Å². The lowest BCUT2D eigenvalue weighted by atomic mass is 9.86. The summed E-state index contributed by atoms with van der Waals surface area (Å²) < 4.78 is 0. The number of aromatic nitrogens is 1. The number of rotatable bonds is 2. The maximum Gasteiger partial charge on any atom is 0.354 e. The second kappa shape index (κ2) is 3.87. The molecule has 0 atom stereocenters. The number of hydrogen-bond donors (Lipinski definition) is 1. The molecule has 1 rings (SSSR count). The van der Waals surface area contributed by atoms with Crippen LogP contribution >= 0.6 is 11.6 Å². The molecule has 0 aliphatic heterocycles. The maximum atomic E-state index is 10.7. The van der Waals surface area contributed by atoms with E-state index in [1.54, 1.807) is 13.8 Å². The Balaban J connectivity index is 3.34. The number of carboxylic acids is 1. The molecule has 0 amide bonds. The van der Waals surface area contributed by atoms with Gasteiger partial charge in [-0.1, -0.05) is 11.6 Å². The molecule has 15 heavy (non-hydrogen) atoms. The Bertz CT molecular complexity index is 449. The largest absolute Gasteiger partial charge is 0.477 e. The van der Waals surface area contributed by atoms with Crippen LogP contribution in [0.15, 0.2) is 12.1 Å². The van der Waals surface area contributed by atoms with Crippen molar-refractivity contribution in [2.45, 2.75) is 19.3 Å². The van der Waals surface area contributed by atoms with Crippen molar-refractivity contribution in [1.29, 1.82) is 5.26 Å². The fraction of sp³-hybridized carbons (Fsp3) is 0.300. The van der Waals surface area contributed by atoms with Crippen molar-refractivity contribution in [3.63, 3.8) is 0 Å². The first-order valence-electron chi connectivity index (χ1n) is 4.19. The van der Waals surface area contributed by atoms with Crippen LogP contribution in [0.2, 0.25) is 5.15 Å². The molecule has 1 aromatic heterocycles. The van der Waals surface area contributed by atoms with E-state index in [0.717, 1.165) is 0 Å². The minimum atomic E-state index is -1.16. The van der Waals surface area contributed by atoms with Crippen molar-refractivity contribution in [3.8, 4) is 6.07 Å². The highest BCUT2D eigenvalue weighted by Crippen LogP contribution is 2.24. The Labute approximate surface area is 92.1 Å². The maximum absolute atomic E-state index is 10.7. The van der Waals surface area contributed by atoms with Crippen LogP contribution < -0.4 is 0 Å². The van der Waals surface area contributed by atoms with E-state index in [9.17, 15) is 4.79 Å². The van der Waals surface area contributed by atoms with Crippen LogP contribution in [0.4, 0.5) is 0 Å². The first kappa shape index (κ1) is 11.5. The molecule has 0 bridgehead atoms. The number of carbonyl (C=O) groups is 1. The molecule has 0 aliphatic rings. The average Bonchev–Trinajstić information content (AvgIpc) is 2.16. The molecule has 0 fully saturated rings. The zero-order chi connectivity index (χ0) is 11.6. The number of aromatic carboxylic acids is 1. The number of halogens is 1. The summed E-state index contributed by atoms with van der Waals surface area (Å²) >= 11 is 5.67. The average molecular weight is 225 g/mol. The van der Waals surface area contributed by atoms with Gasteiger partial charge in [0.05, 0.1) is 11.5 Å². The summed E-state index contributed by atoms with van der Waals surface area (Å²) in [6.45, 7) is 3.37. The van der Waals surface area contributed by atoms with E-state index >= 15 is 0 Å². The Morgan fingerprint density at radius 2 is 2.20 bits per heavy atom. The fourth-order valence-electron chi connectivity index (χ4n) is 1.03. The molecule has 1 heterocycles. The van der Waals surface area contributed by atoms with Crippen molar-refractivity contribution in [2.24, 2.45) is 0 Å². The summed E-state index contributed by atoms with van der Waals surface area (Å²) in [7, 11) is 0. The molecule has 0 radical (unpaired) electrons. The van der Waals surface area contributed by atoms with Crippen LogP contribution in [0.25, 0.3) is 0 Å². The lowest BCUT2D eigenvalue weighted by Crippen LogP contribution is -2.15. The van der Waals surface area contributed by atoms with E-state index in [2.05, 4.69) is 11.1 Å². The van der Waals surface area contributed by atoms with Gasteiger partial charge in [-0.2, -0.15) is 5.26 Å². The van der Waals surface area contributed by atoms with E-state index in [0.29, 0.717) is 5.56 Å². The van der Waals surface area contributed by atoms with Crippen LogP contribution in [0.5, 0.6) is 0 Å². The number of nitrogens with zero attached hydrogens (tertiary/aromatic N) is 2. The Morgan fingerprint density at radius 3 is 2.67 bits per heavy atom. The minimum Gasteiger partial charge on any atom is -0.477 e. The van der Waals surface area contributed by atoms with Gasteiger partial charge in [0, 0.05) is 0 Å². The van der Waals surface area contributed by atoms with Crippen molar-refractivity contribution in [2.75, 3.05) is 0 Å². The van der Waals surface area contributed by atoms with Gasteiger partial charge in [-0.25, -0.2) is 9.78 Å². The molecule has 0 aliphatic carbocycles. The molecule has 0 unspecified atom stereocenters. The molecule has 78 valence electrons. The van der Waals surface area contributed by atoms with Crippen molar-refractivity contribution in [3.05, 3.63) is 28.5 Å². The van der Waals surface area contributed by atoms with Crippen LogP contribution in [-0.4, -0.2) is 16.1 Å². The smallest absolute Gasteiger partial charge is 0.354 e. The molecular formula is C10H9ClN2O2. The van der Waals surface area contributed by atoms with E-state index in [-0.39, 0.29) is 10.8 Å². The fourth-order valence-corrected chi connectivity index (χ4v) is 1.24. The van der Waals surface area contributed by atoms with Gasteiger partial charge in [0.1, 0.15) is 10.8 Å². The summed E-state index contributed by atoms with van der Waals surface area (Å²) in [5, 5.41) is 17.8. The second-order valence-electron chi connectivity index (χ2n) is 3.61. The molecule has 1 N–H and O–H groups in total. The lowest BCUT2D eigenvalue weighted by molar-refractivity contribution is 0.0690. The van der Waals surface area contributed by atoms with Gasteiger partial charge in [0.2, 0.25) is 0 Å². The molecule has 1 aromatic rings. The van der Waals surface area contributed by atoms with Gasteiger partial charge in [-0.15, -0.1) is 0 Å². The molecule has 0 spiro atoms. The normalized spacial score (nSPS) is 10.8. The van der Waals surface area contributed by atoms with Gasteiger partial charge >= 0.3 is 5.97 Å². The molecule has 0 aromatic carbocycles. The topological polar surface area (TPSA) is 74.0 Å². The predicted octanol–water partition coefficient (Wildman–Crippen LogP) is 2.23. The van der Waals surface area contributed by atoms with E-state index in [1.807, 2.05) is 0 Å². The third-order valence-corrected chi connectivity index (χ3v) is 2.21. The second-order valence-corrected chi connectivity index (χ2v) is 3.99. The van der Waals surface area contributed by atoms with Gasteiger partial charge < -0.3 is 5.11 Å². The number of nitriles is 1. The van der Waals surface area contributed by atoms with E-state index in [1.165, 1.54) is 12.1 Å². The van der Waals surface area contributed by atoms with Gasteiger partial charge in [0.25, 0.3) is 0 Å². The summed E-state index contributed by atoms with van der Waals surface area (Å²) in [5.74, 6) is -1.16. The minimum absolute atomic E-state index is 0.0771. The lowest BCUT2D eigenvalue weighted by Gasteiger charge is -2.15. The van der Waals surface area contributed by atoms with Crippen LogP contribution in [0.1, 0.15) is 29.9 Å². The van der Waals surface area contributed by atoms with E-state index in [4.69, 9.17) is 22.0 Å². The highest BCUT2D eigenvalue weighted by molar-refractivity contribution is 6.29. The summed E-state index contributed by atoms with van der Waals surface area (Å²) in [4.78, 5) is 14.4. The Morgan fingerprint density at radius 1 is 1.60 bits per heavy atom. The predicted molar refractivity (Wildman–Crippen MR) is 54.8 cm³/mol. The monoisotopic (exact) mass is 224 g/mol. The molecule has 4 nitrogen and oxygen atoms in total. The number of pyridine rings is 1. The highest BCUT2D eigenvalue weighted by Gasteiger charge is 2.22. The SMILES string of the molecule is CC(C)(C#N)c1cc(Cl)nc(C(=O)O)c1. The third-order valence-electron chi connectivity index (χ3n) is 2.01. The number of hydrogen-bond acceptors (Lipinski definition) is 3. The highest BCUT2D eigenvalue weighted by atomic mass is 35.5. The molecular weight excluding hydrogens is 216 g/mol. The zero-order valence-electron chi connectivity index (χ0n) is 8.28. The van der Waals surface area contributed by atoms with Gasteiger partial charge in [0.15, 0.2) is 0 Å². The van der Waals surface area contributed by atoms with Crippen LogP contribution in [-0.2, 0) is 5.41 Å². The van der Waals surface area contributed by atoms with E-state index < -0.39 is 11.4 Å². The zero-order valence-corrected chi connectivity index (χ0v) is 9.04. The quantitative estimate of drug-likeness (QED) is 0.782. The summed E-state index contributed by atoms with van der Waals surface area (Å²) in [5.41, 5.74) is -0.389. The summed E-state index contributed by atoms with van der Waals surface area (Å²) in [6, 6.07) is 4.93. The van der Waals surface area contributed by atoms with Crippen molar-refractivity contribution in [1.82, 2.24) is 4.98 Å². The van der Waals surface area contributed by atoms with Gasteiger partial charge in [-0.05, 0) is 31.5 Å². The third kappa shape index (κ3) is 2.45. The first-order valence-corrected chi connectivity index (χ1v) is 4.57. The molecule has 5 heteroatoms. The van der Waals surface area contributed by atoms with Crippen LogP contribution in [0.3, 0.4) is 0 Å². The van der Waals surface area contributed by atoms with Crippen molar-refractivity contribution >= 4 is 17.6 Å². The Hall–Kier alpha value is -1.60. The van der Waals surface area contributed by atoms with Crippen molar-refractivity contribution < 1.29 is 9.90 Å². The summed E-state index contributed by atoms with van der Waals surface area (Å²) in [6.07, 6.45) is 0. The Kier molecular flexibility index (Phi) is 2.96. The van der Waals surface area contributed by atoms with Crippen LogP contribution in [0, 0.1) is 11.3 Å². The molecule has 0 saturated carbocycles. The number of carboxylic acid groups (broad SMARTS) is 1. The molecule has 0 saturated heterocycles. The first-order chi connectivity index (χ1) is 6.86.